The number of amides is 1. The predicted octanol–water partition coefficient (Wildman–Crippen LogP) is 6.40. The van der Waals surface area contributed by atoms with Crippen molar-refractivity contribution in [3.63, 3.8) is 0 Å². The maximum atomic E-state index is 12.8. The van der Waals surface area contributed by atoms with Crippen molar-refractivity contribution in [2.24, 2.45) is 0 Å². The van der Waals surface area contributed by atoms with Crippen LogP contribution < -0.4 is 5.32 Å². The number of aromatic nitrogens is 1. The highest BCUT2D eigenvalue weighted by atomic mass is 32.1. The van der Waals surface area contributed by atoms with Gasteiger partial charge in [-0.1, -0.05) is 12.1 Å². The van der Waals surface area contributed by atoms with Gasteiger partial charge >= 0.3 is 0 Å². The number of carbonyl (C=O) groups excluding carboxylic acids is 1. The van der Waals surface area contributed by atoms with Crippen LogP contribution in [0.3, 0.4) is 0 Å². The third kappa shape index (κ3) is 4.00. The molecule has 2 N–H and O–H groups in total. The molecule has 0 atom stereocenters. The standard InChI is InChI=1S/C25H17N3O5S/c1-14-12-16(28(31)32)7-8-17(14)21-10-11-22(33-21)24(30)26-15-6-9-20(29)18(13-15)25-27-19-4-2-3-5-23(19)34-25/h2-13,29H,1H3,(H,26,30). The molecule has 0 radical (unpaired) electrons. The Morgan fingerprint density at radius 2 is 1.88 bits per heavy atom. The van der Waals surface area contributed by atoms with Crippen LogP contribution in [0.4, 0.5) is 11.4 Å². The van der Waals surface area contributed by atoms with Gasteiger partial charge in [0.1, 0.15) is 16.5 Å². The van der Waals surface area contributed by atoms with E-state index in [0.29, 0.717) is 33.1 Å². The third-order valence-corrected chi connectivity index (χ3v) is 6.36. The van der Waals surface area contributed by atoms with Crippen LogP contribution >= 0.6 is 11.3 Å². The number of rotatable bonds is 5. The van der Waals surface area contributed by atoms with Gasteiger partial charge in [0.2, 0.25) is 0 Å². The number of anilines is 1. The number of hydrogen-bond donors (Lipinski definition) is 2. The van der Waals surface area contributed by atoms with Crippen LogP contribution in [0.2, 0.25) is 0 Å². The number of nitrogens with one attached hydrogen (secondary N) is 1. The SMILES string of the molecule is Cc1cc([N+](=O)[O-])ccc1-c1ccc(C(=O)Nc2ccc(O)c(-c3nc4ccccc4s3)c2)o1. The number of thiazole rings is 1. The summed E-state index contributed by atoms with van der Waals surface area (Å²) in [6.45, 7) is 1.74. The van der Waals surface area contributed by atoms with E-state index < -0.39 is 10.8 Å². The monoisotopic (exact) mass is 471 g/mol. The molecule has 3 aromatic carbocycles. The largest absolute Gasteiger partial charge is 0.507 e. The number of nitro benzene ring substituents is 1. The van der Waals surface area contributed by atoms with Crippen LogP contribution in [0, 0.1) is 17.0 Å². The van der Waals surface area contributed by atoms with Gasteiger partial charge in [0.25, 0.3) is 11.6 Å². The molecule has 8 nitrogen and oxygen atoms in total. The van der Waals surface area contributed by atoms with Crippen molar-refractivity contribution in [2.45, 2.75) is 6.92 Å². The van der Waals surface area contributed by atoms with Crippen molar-refractivity contribution in [1.29, 1.82) is 0 Å². The molecule has 0 saturated carbocycles. The first kappa shape index (κ1) is 21.4. The summed E-state index contributed by atoms with van der Waals surface area (Å²) in [7, 11) is 0. The number of aromatic hydroxyl groups is 1. The summed E-state index contributed by atoms with van der Waals surface area (Å²) in [5, 5.41) is 24.7. The molecule has 2 heterocycles. The lowest BCUT2D eigenvalue weighted by Gasteiger charge is -2.07. The Kier molecular flexibility index (Phi) is 5.31. The molecular formula is C25H17N3O5S. The average molecular weight is 471 g/mol. The molecular weight excluding hydrogens is 454 g/mol. The summed E-state index contributed by atoms with van der Waals surface area (Å²) in [4.78, 5) is 27.9. The van der Waals surface area contributed by atoms with Crippen molar-refractivity contribution in [3.8, 4) is 27.6 Å². The van der Waals surface area contributed by atoms with Crippen molar-refractivity contribution in [2.75, 3.05) is 5.32 Å². The molecule has 0 unspecified atom stereocenters. The van der Waals surface area contributed by atoms with E-state index in [-0.39, 0.29) is 17.2 Å². The lowest BCUT2D eigenvalue weighted by molar-refractivity contribution is -0.384. The van der Waals surface area contributed by atoms with Crippen LogP contribution in [0.1, 0.15) is 16.1 Å². The van der Waals surface area contributed by atoms with E-state index >= 15 is 0 Å². The van der Waals surface area contributed by atoms with Crippen molar-refractivity contribution >= 4 is 38.8 Å². The fourth-order valence-electron chi connectivity index (χ4n) is 3.61. The van der Waals surface area contributed by atoms with Gasteiger partial charge in [0, 0.05) is 23.4 Å². The van der Waals surface area contributed by atoms with Gasteiger partial charge in [-0.25, -0.2) is 4.98 Å². The Morgan fingerprint density at radius 3 is 2.65 bits per heavy atom. The molecule has 0 bridgehead atoms. The summed E-state index contributed by atoms with van der Waals surface area (Å²) in [6, 6.07) is 20.1. The summed E-state index contributed by atoms with van der Waals surface area (Å²) >= 11 is 1.45. The zero-order chi connectivity index (χ0) is 23.8. The predicted molar refractivity (Wildman–Crippen MR) is 130 cm³/mol. The van der Waals surface area contributed by atoms with E-state index in [1.54, 1.807) is 37.3 Å². The molecule has 9 heteroatoms. The maximum Gasteiger partial charge on any atom is 0.291 e. The second kappa shape index (κ2) is 8.45. The number of phenols is 1. The molecule has 2 aromatic heterocycles. The fraction of sp³-hybridized carbons (Fsp3) is 0.0400. The number of phenolic OH excluding ortho intramolecular Hbond substituents is 1. The van der Waals surface area contributed by atoms with Crippen molar-refractivity contribution in [3.05, 3.63) is 94.2 Å². The number of fused-ring (bicyclic) bond motifs is 1. The first-order valence-electron chi connectivity index (χ1n) is 10.2. The van der Waals surface area contributed by atoms with Crippen molar-refractivity contribution in [1.82, 2.24) is 4.98 Å². The number of carbonyl (C=O) groups is 1. The second-order valence-corrected chi connectivity index (χ2v) is 8.62. The Morgan fingerprint density at radius 1 is 1.06 bits per heavy atom. The van der Waals surface area contributed by atoms with Gasteiger partial charge in [0.05, 0.1) is 20.7 Å². The maximum absolute atomic E-state index is 12.8. The fourth-order valence-corrected chi connectivity index (χ4v) is 4.60. The molecule has 0 aliphatic heterocycles. The molecule has 0 saturated heterocycles. The molecule has 5 aromatic rings. The zero-order valence-corrected chi connectivity index (χ0v) is 18.6. The van der Waals surface area contributed by atoms with Crippen LogP contribution in [-0.4, -0.2) is 20.9 Å². The van der Waals surface area contributed by atoms with Crippen LogP contribution in [0.5, 0.6) is 5.75 Å². The van der Waals surface area contributed by atoms with Gasteiger partial charge in [0.15, 0.2) is 5.76 Å². The summed E-state index contributed by atoms with van der Waals surface area (Å²) in [5.74, 6) is 0.110. The van der Waals surface area contributed by atoms with E-state index in [4.69, 9.17) is 4.42 Å². The quantitative estimate of drug-likeness (QED) is 0.174. The Bertz CT molecular complexity index is 1540. The molecule has 1 amide bonds. The van der Waals surface area contributed by atoms with Crippen LogP contribution in [0.15, 0.2) is 77.2 Å². The number of nitro groups is 1. The minimum absolute atomic E-state index is 0.0120. The van der Waals surface area contributed by atoms with E-state index in [1.807, 2.05) is 24.3 Å². The van der Waals surface area contributed by atoms with Gasteiger partial charge in [-0.05, 0) is 61.0 Å². The van der Waals surface area contributed by atoms with Crippen LogP contribution in [-0.2, 0) is 0 Å². The van der Waals surface area contributed by atoms with Gasteiger partial charge < -0.3 is 14.8 Å². The van der Waals surface area contributed by atoms with Gasteiger partial charge in [-0.3, -0.25) is 14.9 Å². The molecule has 0 spiro atoms. The van der Waals surface area contributed by atoms with E-state index in [0.717, 1.165) is 10.2 Å². The molecule has 168 valence electrons. The lowest BCUT2D eigenvalue weighted by Crippen LogP contribution is -2.10. The molecule has 0 aliphatic rings. The highest BCUT2D eigenvalue weighted by Crippen LogP contribution is 2.37. The lowest BCUT2D eigenvalue weighted by atomic mass is 10.1. The Hall–Kier alpha value is -4.50. The van der Waals surface area contributed by atoms with E-state index in [1.165, 1.54) is 29.5 Å². The molecule has 0 fully saturated rings. The summed E-state index contributed by atoms with van der Waals surface area (Å²) in [6.07, 6.45) is 0. The molecule has 5 rings (SSSR count). The minimum atomic E-state index is -0.466. The number of benzene rings is 3. The topological polar surface area (TPSA) is 118 Å². The zero-order valence-electron chi connectivity index (χ0n) is 17.8. The number of nitrogens with zero attached hydrogens (tertiary/aromatic N) is 2. The molecule has 0 aliphatic carbocycles. The number of non-ortho nitro benzene ring substituents is 1. The average Bonchev–Trinajstić information content (AvgIpc) is 3.47. The first-order valence-corrected chi connectivity index (χ1v) is 11.1. The number of furan rings is 1. The normalized spacial score (nSPS) is 11.0. The highest BCUT2D eigenvalue weighted by molar-refractivity contribution is 7.21. The summed E-state index contributed by atoms with van der Waals surface area (Å²) < 4.78 is 6.72. The number of hydrogen-bond acceptors (Lipinski definition) is 7. The van der Waals surface area contributed by atoms with Crippen molar-refractivity contribution < 1.29 is 19.2 Å². The Balaban J connectivity index is 1.39. The van der Waals surface area contributed by atoms with Crippen LogP contribution in [0.25, 0.3) is 32.1 Å². The summed E-state index contributed by atoms with van der Waals surface area (Å²) in [5.41, 5.74) is 3.13. The van der Waals surface area contributed by atoms with Gasteiger partial charge in [-0.15, -0.1) is 11.3 Å². The van der Waals surface area contributed by atoms with E-state index in [2.05, 4.69) is 10.3 Å². The van der Waals surface area contributed by atoms with Gasteiger partial charge in [-0.2, -0.15) is 0 Å². The second-order valence-electron chi connectivity index (χ2n) is 7.59. The number of aryl methyl sites for hydroxylation is 1. The minimum Gasteiger partial charge on any atom is -0.507 e. The third-order valence-electron chi connectivity index (χ3n) is 5.29. The van der Waals surface area contributed by atoms with E-state index in [9.17, 15) is 20.0 Å². The smallest absolute Gasteiger partial charge is 0.291 e. The Labute approximate surface area is 197 Å². The molecule has 34 heavy (non-hydrogen) atoms. The highest BCUT2D eigenvalue weighted by Gasteiger charge is 2.17. The number of para-hydroxylation sites is 1. The first-order chi connectivity index (χ1) is 16.4.